The number of aryl methyl sites for hydroxylation is 1. The number of aliphatic hydroxyl groups is 1. The Bertz CT molecular complexity index is 439. The van der Waals surface area contributed by atoms with Crippen LogP contribution < -0.4 is 5.32 Å². The van der Waals surface area contributed by atoms with Gasteiger partial charge < -0.3 is 10.4 Å². The number of amides is 1. The molecule has 98 valence electrons. The minimum Gasteiger partial charge on any atom is -0.393 e. The molecule has 0 atom stereocenters. The molecule has 1 fully saturated rings. The number of nitrogens with one attached hydrogen (secondary N) is 1. The summed E-state index contributed by atoms with van der Waals surface area (Å²) in [4.78, 5) is 12.1. The molecule has 0 unspecified atom stereocenters. The van der Waals surface area contributed by atoms with Crippen LogP contribution in [0.3, 0.4) is 0 Å². The third-order valence-electron chi connectivity index (χ3n) is 3.47. The van der Waals surface area contributed by atoms with Gasteiger partial charge in [0.15, 0.2) is 0 Å². The molecule has 18 heavy (non-hydrogen) atoms. The zero-order valence-electron chi connectivity index (χ0n) is 10.4. The zero-order chi connectivity index (χ0) is 13.1. The lowest BCUT2D eigenvalue weighted by Gasteiger charge is -2.26. The lowest BCUT2D eigenvalue weighted by molar-refractivity contribution is 0.0867. The van der Waals surface area contributed by atoms with Gasteiger partial charge in [0.05, 0.1) is 6.10 Å². The Balaban J connectivity index is 1.99. The summed E-state index contributed by atoms with van der Waals surface area (Å²) >= 11 is 3.39. The molecule has 1 aromatic carbocycles. The van der Waals surface area contributed by atoms with E-state index in [9.17, 15) is 9.90 Å². The molecule has 2 N–H and O–H groups in total. The van der Waals surface area contributed by atoms with Crippen LogP contribution in [-0.2, 0) is 0 Å². The fraction of sp³-hybridized carbons (Fsp3) is 0.500. The molecule has 1 aliphatic carbocycles. The van der Waals surface area contributed by atoms with Gasteiger partial charge >= 0.3 is 0 Å². The maximum Gasteiger partial charge on any atom is 0.251 e. The largest absolute Gasteiger partial charge is 0.393 e. The lowest BCUT2D eigenvalue weighted by atomic mass is 9.93. The third kappa shape index (κ3) is 3.33. The molecule has 0 spiro atoms. The number of rotatable bonds is 2. The van der Waals surface area contributed by atoms with Crippen LogP contribution in [0.4, 0.5) is 0 Å². The molecule has 1 aliphatic rings. The first-order chi connectivity index (χ1) is 8.56. The van der Waals surface area contributed by atoms with Gasteiger partial charge in [-0.2, -0.15) is 0 Å². The Morgan fingerprint density at radius 3 is 2.61 bits per heavy atom. The Morgan fingerprint density at radius 2 is 2.00 bits per heavy atom. The van der Waals surface area contributed by atoms with E-state index in [1.54, 1.807) is 0 Å². The Morgan fingerprint density at radius 1 is 1.33 bits per heavy atom. The molecule has 0 heterocycles. The quantitative estimate of drug-likeness (QED) is 0.882. The van der Waals surface area contributed by atoms with Gasteiger partial charge in [-0.25, -0.2) is 0 Å². The molecule has 3 nitrogen and oxygen atoms in total. The second kappa shape index (κ2) is 5.85. The van der Waals surface area contributed by atoms with Gasteiger partial charge in [-0.15, -0.1) is 0 Å². The van der Waals surface area contributed by atoms with E-state index in [1.165, 1.54) is 0 Å². The van der Waals surface area contributed by atoms with Gasteiger partial charge in [0.25, 0.3) is 5.91 Å². The minimum absolute atomic E-state index is 0.0126. The normalized spacial score (nSPS) is 23.7. The molecule has 0 aromatic heterocycles. The molecule has 1 aromatic rings. The summed E-state index contributed by atoms with van der Waals surface area (Å²) in [5.41, 5.74) is 1.70. The van der Waals surface area contributed by atoms with Gasteiger partial charge in [0.1, 0.15) is 0 Å². The van der Waals surface area contributed by atoms with Crippen LogP contribution in [0.15, 0.2) is 22.7 Å². The van der Waals surface area contributed by atoms with E-state index in [0.717, 1.165) is 41.3 Å². The van der Waals surface area contributed by atoms with Crippen LogP contribution in [-0.4, -0.2) is 23.2 Å². The highest BCUT2D eigenvalue weighted by Gasteiger charge is 2.21. The topological polar surface area (TPSA) is 49.3 Å². The highest BCUT2D eigenvalue weighted by Crippen LogP contribution is 2.20. The van der Waals surface area contributed by atoms with Crippen LogP contribution >= 0.6 is 15.9 Å². The zero-order valence-corrected chi connectivity index (χ0v) is 12.0. The van der Waals surface area contributed by atoms with Crippen molar-refractivity contribution in [3.63, 3.8) is 0 Å². The summed E-state index contributed by atoms with van der Waals surface area (Å²) in [6.07, 6.45) is 3.10. The summed E-state index contributed by atoms with van der Waals surface area (Å²) in [5, 5.41) is 12.5. The molecule has 1 saturated carbocycles. The summed E-state index contributed by atoms with van der Waals surface area (Å²) < 4.78 is 0.984. The molecule has 0 aliphatic heterocycles. The summed E-state index contributed by atoms with van der Waals surface area (Å²) in [7, 11) is 0. The standard InChI is InChI=1S/C14H18BrNO2/c1-9-8-10(15)2-7-13(9)14(18)16-11-3-5-12(17)6-4-11/h2,7-8,11-12,17H,3-6H2,1H3,(H,16,18). The summed E-state index contributed by atoms with van der Waals surface area (Å²) in [6.45, 7) is 1.93. The van der Waals surface area contributed by atoms with Crippen molar-refractivity contribution in [2.24, 2.45) is 0 Å². The monoisotopic (exact) mass is 311 g/mol. The number of benzene rings is 1. The number of aliphatic hydroxyl groups excluding tert-OH is 1. The number of halogens is 1. The average Bonchev–Trinajstić information content (AvgIpc) is 2.32. The molecule has 2 rings (SSSR count). The molecule has 4 heteroatoms. The highest BCUT2D eigenvalue weighted by atomic mass is 79.9. The van der Waals surface area contributed by atoms with Crippen molar-refractivity contribution in [3.05, 3.63) is 33.8 Å². The molecule has 0 bridgehead atoms. The van der Waals surface area contributed by atoms with Crippen LogP contribution in [0.1, 0.15) is 41.6 Å². The van der Waals surface area contributed by atoms with E-state index in [1.807, 2.05) is 25.1 Å². The van der Waals surface area contributed by atoms with Crippen LogP contribution in [0.5, 0.6) is 0 Å². The SMILES string of the molecule is Cc1cc(Br)ccc1C(=O)NC1CCC(O)CC1. The van der Waals surface area contributed by atoms with E-state index in [-0.39, 0.29) is 18.1 Å². The third-order valence-corrected chi connectivity index (χ3v) is 3.96. The Kier molecular flexibility index (Phi) is 4.40. The highest BCUT2D eigenvalue weighted by molar-refractivity contribution is 9.10. The van der Waals surface area contributed by atoms with Gasteiger partial charge in [-0.1, -0.05) is 15.9 Å². The average molecular weight is 312 g/mol. The molecule has 0 radical (unpaired) electrons. The predicted molar refractivity (Wildman–Crippen MR) is 74.6 cm³/mol. The van der Waals surface area contributed by atoms with Gasteiger partial charge in [-0.3, -0.25) is 4.79 Å². The maximum atomic E-state index is 12.1. The van der Waals surface area contributed by atoms with Gasteiger partial charge in [-0.05, 0) is 56.4 Å². The maximum absolute atomic E-state index is 12.1. The number of carbonyl (C=O) groups excluding carboxylic acids is 1. The second-order valence-electron chi connectivity index (χ2n) is 4.94. The number of hydrogen-bond donors (Lipinski definition) is 2. The van der Waals surface area contributed by atoms with E-state index in [4.69, 9.17) is 0 Å². The van der Waals surface area contributed by atoms with Crippen LogP contribution in [0.2, 0.25) is 0 Å². The van der Waals surface area contributed by atoms with Crippen molar-refractivity contribution in [3.8, 4) is 0 Å². The van der Waals surface area contributed by atoms with E-state index < -0.39 is 0 Å². The predicted octanol–water partition coefficient (Wildman–Crippen LogP) is 2.79. The number of hydrogen-bond acceptors (Lipinski definition) is 2. The summed E-state index contributed by atoms with van der Waals surface area (Å²) in [5.74, 6) is -0.0126. The number of carbonyl (C=O) groups is 1. The van der Waals surface area contributed by atoms with Crippen molar-refractivity contribution >= 4 is 21.8 Å². The second-order valence-corrected chi connectivity index (χ2v) is 5.85. The molecular weight excluding hydrogens is 294 g/mol. The fourth-order valence-electron chi connectivity index (χ4n) is 2.37. The molecular formula is C14H18BrNO2. The lowest BCUT2D eigenvalue weighted by Crippen LogP contribution is -2.38. The summed E-state index contributed by atoms with van der Waals surface area (Å²) in [6, 6.07) is 5.86. The van der Waals surface area contributed by atoms with Crippen molar-refractivity contribution in [1.29, 1.82) is 0 Å². The van der Waals surface area contributed by atoms with Crippen molar-refractivity contribution in [2.45, 2.75) is 44.8 Å². The Hall–Kier alpha value is -0.870. The Labute approximate surface area is 116 Å². The fourth-order valence-corrected chi connectivity index (χ4v) is 2.84. The van der Waals surface area contributed by atoms with Crippen molar-refractivity contribution in [1.82, 2.24) is 5.32 Å². The van der Waals surface area contributed by atoms with Gasteiger partial charge in [0, 0.05) is 16.1 Å². The van der Waals surface area contributed by atoms with Crippen LogP contribution in [0, 0.1) is 6.92 Å². The smallest absolute Gasteiger partial charge is 0.251 e. The minimum atomic E-state index is -0.187. The van der Waals surface area contributed by atoms with E-state index in [0.29, 0.717) is 0 Å². The van der Waals surface area contributed by atoms with Gasteiger partial charge in [0.2, 0.25) is 0 Å². The van der Waals surface area contributed by atoms with Crippen molar-refractivity contribution < 1.29 is 9.90 Å². The molecule has 1 amide bonds. The first-order valence-electron chi connectivity index (χ1n) is 6.31. The molecule has 0 saturated heterocycles. The van der Waals surface area contributed by atoms with E-state index >= 15 is 0 Å². The first kappa shape index (κ1) is 13.6. The van der Waals surface area contributed by atoms with Crippen molar-refractivity contribution in [2.75, 3.05) is 0 Å². The van der Waals surface area contributed by atoms with E-state index in [2.05, 4.69) is 21.2 Å². The first-order valence-corrected chi connectivity index (χ1v) is 7.10. The van der Waals surface area contributed by atoms with Crippen LogP contribution in [0.25, 0.3) is 0 Å².